The number of likely N-dealkylation sites (N-methyl/N-ethyl adjacent to an activating group) is 1. The first-order chi connectivity index (χ1) is 17.8. The number of amides is 1. The van der Waals surface area contributed by atoms with Crippen molar-refractivity contribution in [3.8, 4) is 11.4 Å². The largest absolute Gasteiger partial charge is 0.387 e. The maximum atomic E-state index is 13.7. The first kappa shape index (κ1) is 24.9. The molecule has 0 aliphatic carbocycles. The minimum absolute atomic E-state index is 0.0728. The van der Waals surface area contributed by atoms with Crippen LogP contribution < -0.4 is 10.6 Å². The zero-order chi connectivity index (χ0) is 26.3. The van der Waals surface area contributed by atoms with Gasteiger partial charge in [-0.15, -0.1) is 0 Å². The molecule has 3 aromatic heterocycles. The van der Waals surface area contributed by atoms with Gasteiger partial charge in [0.15, 0.2) is 46.8 Å². The van der Waals surface area contributed by atoms with Crippen LogP contribution in [-0.2, 0) is 16.1 Å². The van der Waals surface area contributed by atoms with Crippen LogP contribution in [-0.4, -0.2) is 66.0 Å². The number of nitrogens with one attached hydrogen (secondary N) is 2. The molecule has 0 bridgehead atoms. The molecule has 4 aromatic rings. The van der Waals surface area contributed by atoms with Crippen LogP contribution in [0.4, 0.5) is 14.6 Å². The minimum Gasteiger partial charge on any atom is -0.387 e. The van der Waals surface area contributed by atoms with Gasteiger partial charge >= 0.3 is 0 Å². The highest BCUT2D eigenvalue weighted by molar-refractivity contribution is 6.30. The van der Waals surface area contributed by atoms with Crippen LogP contribution in [0, 0.1) is 11.6 Å². The lowest BCUT2D eigenvalue weighted by Crippen LogP contribution is -2.41. The van der Waals surface area contributed by atoms with Gasteiger partial charge in [-0.25, -0.2) is 23.7 Å². The van der Waals surface area contributed by atoms with Crippen molar-refractivity contribution in [3.63, 3.8) is 0 Å². The van der Waals surface area contributed by atoms with Crippen LogP contribution >= 0.6 is 11.6 Å². The van der Waals surface area contributed by atoms with Gasteiger partial charge in [0.1, 0.15) is 12.2 Å². The molecule has 37 heavy (non-hydrogen) atoms. The fourth-order valence-corrected chi connectivity index (χ4v) is 4.15. The Balaban J connectivity index is 1.57. The van der Waals surface area contributed by atoms with Crippen molar-refractivity contribution in [1.29, 1.82) is 0 Å². The molecule has 1 saturated heterocycles. The number of benzene rings is 1. The van der Waals surface area contributed by atoms with E-state index in [4.69, 9.17) is 16.3 Å². The molecule has 0 saturated carbocycles. The van der Waals surface area contributed by atoms with Crippen molar-refractivity contribution in [1.82, 2.24) is 29.8 Å². The predicted octanol–water partition coefficient (Wildman–Crippen LogP) is 1.80. The number of carbonyl (C=O) groups is 1. The van der Waals surface area contributed by atoms with E-state index >= 15 is 0 Å². The summed E-state index contributed by atoms with van der Waals surface area (Å²) in [6.07, 6.45) is -1.20. The van der Waals surface area contributed by atoms with Crippen molar-refractivity contribution in [3.05, 3.63) is 65.2 Å². The molecule has 1 amide bonds. The van der Waals surface area contributed by atoms with E-state index in [1.165, 1.54) is 36.4 Å². The number of hydrogen-bond acceptors (Lipinski definition) is 9. The van der Waals surface area contributed by atoms with Crippen molar-refractivity contribution >= 4 is 34.5 Å². The van der Waals surface area contributed by atoms with Gasteiger partial charge in [-0.3, -0.25) is 14.3 Å². The number of ether oxygens (including phenoxy) is 1. The minimum atomic E-state index is -1.49. The third-order valence-electron chi connectivity index (χ3n) is 5.85. The average Bonchev–Trinajstić information content (AvgIpc) is 3.44. The summed E-state index contributed by atoms with van der Waals surface area (Å²) >= 11 is 6.09. The molecule has 4 N–H and O–H groups in total. The predicted molar refractivity (Wildman–Crippen MR) is 127 cm³/mol. The lowest BCUT2D eigenvalue weighted by atomic mass is 10.1. The molecule has 4 atom stereocenters. The van der Waals surface area contributed by atoms with Crippen LogP contribution in [0.1, 0.15) is 11.8 Å². The fourth-order valence-electron chi connectivity index (χ4n) is 3.97. The summed E-state index contributed by atoms with van der Waals surface area (Å²) in [5, 5.41) is 26.8. The molecule has 1 aliphatic rings. The van der Waals surface area contributed by atoms with E-state index in [0.29, 0.717) is 16.1 Å². The van der Waals surface area contributed by atoms with E-state index in [2.05, 4.69) is 30.6 Å². The molecule has 3 unspecified atom stereocenters. The Labute approximate surface area is 213 Å². The number of pyridine rings is 1. The van der Waals surface area contributed by atoms with E-state index in [1.54, 1.807) is 6.07 Å². The van der Waals surface area contributed by atoms with Crippen molar-refractivity contribution < 1.29 is 28.5 Å². The van der Waals surface area contributed by atoms with E-state index in [-0.39, 0.29) is 29.4 Å². The van der Waals surface area contributed by atoms with Gasteiger partial charge < -0.3 is 25.6 Å². The summed E-state index contributed by atoms with van der Waals surface area (Å²) in [5.74, 6) is -2.13. The Morgan fingerprint density at radius 3 is 2.70 bits per heavy atom. The summed E-state index contributed by atoms with van der Waals surface area (Å²) < 4.78 is 34.1. The first-order valence-corrected chi connectivity index (χ1v) is 11.4. The Morgan fingerprint density at radius 2 is 1.97 bits per heavy atom. The maximum absolute atomic E-state index is 13.7. The van der Waals surface area contributed by atoms with Crippen LogP contribution in [0.25, 0.3) is 22.6 Å². The summed E-state index contributed by atoms with van der Waals surface area (Å²) in [7, 11) is 1.38. The Morgan fingerprint density at radius 1 is 1.16 bits per heavy atom. The molecule has 1 aromatic carbocycles. The van der Waals surface area contributed by atoms with Crippen LogP contribution in [0.3, 0.4) is 0 Å². The average molecular weight is 532 g/mol. The molecule has 14 heteroatoms. The van der Waals surface area contributed by atoms with Gasteiger partial charge in [-0.2, -0.15) is 0 Å². The summed E-state index contributed by atoms with van der Waals surface area (Å²) in [6, 6.07) is 5.10. The Kier molecular flexibility index (Phi) is 6.69. The zero-order valence-electron chi connectivity index (χ0n) is 19.1. The van der Waals surface area contributed by atoms with Gasteiger partial charge in [0.2, 0.25) is 0 Å². The molecular formula is C23H20ClF2N7O4. The van der Waals surface area contributed by atoms with Gasteiger partial charge in [0.25, 0.3) is 5.91 Å². The van der Waals surface area contributed by atoms with Crippen molar-refractivity contribution in [2.45, 2.75) is 31.1 Å². The summed E-state index contributed by atoms with van der Waals surface area (Å²) in [5.41, 5.74) is 1.37. The van der Waals surface area contributed by atoms with Crippen LogP contribution in [0.5, 0.6) is 0 Å². The molecule has 1 aliphatic heterocycles. The van der Waals surface area contributed by atoms with Gasteiger partial charge in [0.05, 0.1) is 11.3 Å². The number of nitrogens with zero attached hydrogens (tertiary/aromatic N) is 5. The molecule has 1 fully saturated rings. The molecule has 0 spiro atoms. The molecular weight excluding hydrogens is 512 g/mol. The Hall–Kier alpha value is -3.78. The van der Waals surface area contributed by atoms with E-state index in [0.717, 1.165) is 12.1 Å². The molecule has 4 heterocycles. The highest BCUT2D eigenvalue weighted by Gasteiger charge is 2.47. The number of imidazole rings is 1. The smallest absolute Gasteiger partial charge is 0.251 e. The van der Waals surface area contributed by atoms with Crippen LogP contribution in [0.2, 0.25) is 5.02 Å². The molecule has 0 radical (unpaired) electrons. The number of carbonyl (C=O) groups excluding carboxylic acids is 1. The standard InChI is InChI=1S/C23H20ClF2N7O4/c1-27-22(36)18-16(34)17(35)23(37-18)33-9-30-15-20(29-6-10-2-3-13(25)14(26)4-10)31-19(32-21(15)33)11-5-12(24)8-28-7-11/h2-5,7-9,16-18,23,34-35H,6H2,1H3,(H,27,36)(H,29,31,32)/t16?,17?,18-,23?/m1/s1. The highest BCUT2D eigenvalue weighted by atomic mass is 35.5. The summed E-state index contributed by atoms with van der Waals surface area (Å²) in [4.78, 5) is 29.6. The quantitative estimate of drug-likeness (QED) is 0.292. The topological polar surface area (TPSA) is 147 Å². The number of aliphatic hydroxyl groups excluding tert-OH is 2. The normalized spacial score (nSPS) is 21.4. The molecule has 11 nitrogen and oxygen atoms in total. The second kappa shape index (κ2) is 9.94. The lowest BCUT2D eigenvalue weighted by molar-refractivity contribution is -0.137. The van der Waals surface area contributed by atoms with Gasteiger partial charge in [-0.1, -0.05) is 17.7 Å². The number of hydrogen-bond donors (Lipinski definition) is 4. The monoisotopic (exact) mass is 531 g/mol. The number of anilines is 1. The summed E-state index contributed by atoms with van der Waals surface area (Å²) in [6.45, 7) is 0.0728. The van der Waals surface area contributed by atoms with Crippen molar-refractivity contribution in [2.24, 2.45) is 0 Å². The SMILES string of the molecule is CNC(=O)[C@@H]1OC(n2cnc3c(NCc4ccc(F)c(F)c4)nc(-c4cncc(Cl)c4)nc32)C(O)C1O. The number of halogens is 3. The number of rotatable bonds is 6. The van der Waals surface area contributed by atoms with Gasteiger partial charge in [0, 0.05) is 31.5 Å². The maximum Gasteiger partial charge on any atom is 0.251 e. The number of aromatic nitrogens is 5. The first-order valence-electron chi connectivity index (χ1n) is 11.0. The zero-order valence-corrected chi connectivity index (χ0v) is 19.9. The fraction of sp³-hybridized carbons (Fsp3) is 0.261. The highest BCUT2D eigenvalue weighted by Crippen LogP contribution is 2.34. The third-order valence-corrected chi connectivity index (χ3v) is 6.05. The Bertz CT molecular complexity index is 1490. The second-order valence-corrected chi connectivity index (χ2v) is 8.69. The van der Waals surface area contributed by atoms with E-state index in [9.17, 15) is 23.8 Å². The lowest BCUT2D eigenvalue weighted by Gasteiger charge is -2.17. The van der Waals surface area contributed by atoms with E-state index < -0.39 is 42.1 Å². The number of aliphatic hydroxyl groups is 2. The van der Waals surface area contributed by atoms with Gasteiger partial charge in [-0.05, 0) is 23.8 Å². The molecule has 192 valence electrons. The second-order valence-electron chi connectivity index (χ2n) is 8.26. The third kappa shape index (κ3) is 4.69. The number of fused-ring (bicyclic) bond motifs is 1. The molecule has 5 rings (SSSR count). The van der Waals surface area contributed by atoms with E-state index in [1.807, 2.05) is 0 Å². The van der Waals surface area contributed by atoms with Crippen molar-refractivity contribution in [2.75, 3.05) is 12.4 Å². The van der Waals surface area contributed by atoms with Crippen LogP contribution in [0.15, 0.2) is 43.0 Å².